The molecular weight excluding hydrogens is 793 g/mol. The Morgan fingerprint density at radius 1 is 1.05 bits per heavy atom. The second-order valence-electron chi connectivity index (χ2n) is 17.3. The van der Waals surface area contributed by atoms with Gasteiger partial charge in [-0.1, -0.05) is 51.8 Å². The predicted molar refractivity (Wildman–Crippen MR) is 226 cm³/mol. The van der Waals surface area contributed by atoms with E-state index in [4.69, 9.17) is 19.4 Å². The number of hydrogen-bond acceptors (Lipinski definition) is 11. The van der Waals surface area contributed by atoms with E-state index in [9.17, 15) is 29.1 Å². The minimum Gasteiger partial charge on any atom is -0.488 e. The van der Waals surface area contributed by atoms with Crippen molar-refractivity contribution >= 4 is 68.9 Å². The maximum atomic E-state index is 14.6. The van der Waals surface area contributed by atoms with E-state index in [-0.39, 0.29) is 42.7 Å². The van der Waals surface area contributed by atoms with Crippen LogP contribution in [0.4, 0.5) is 9.93 Å². The van der Waals surface area contributed by atoms with Gasteiger partial charge in [0.05, 0.1) is 17.8 Å². The summed E-state index contributed by atoms with van der Waals surface area (Å²) in [5, 5.41) is 21.9. The molecule has 0 spiro atoms. The van der Waals surface area contributed by atoms with E-state index in [1.807, 2.05) is 62.8 Å². The first-order chi connectivity index (χ1) is 28.2. The zero-order chi connectivity index (χ0) is 41.9. The fourth-order valence-corrected chi connectivity index (χ4v) is 9.62. The number of ether oxygens (including phenoxy) is 2. The van der Waals surface area contributed by atoms with E-state index < -0.39 is 47.6 Å². The smallest absolute Gasteiger partial charge is 0.408 e. The standard InChI is InChI=1S/C43H54N6O8S2/c1-42(2,3)22-35(50)47-40-45-31(24-59-40)30-20-33(28-16-12-18-34(58-4)36(28)44-30)56-27-19-32-37(51)48-43(39(53)54)21-25(43)13-8-6-5-7-9-17-29(38(52)49(32)23-27)46-41(55)57-26-14-10-11-15-26/h8,12-13,16,18,20,24-27,29,32H,5-7,9-11,14-15,17,19,21-23H2,1-4H3,(H,46,55)(H,48,51)(H,53,54)(H,45,47,50)/b13-8-/t25-,27+,29-,32-,43+/m0/s1. The number of pyridine rings is 1. The summed E-state index contributed by atoms with van der Waals surface area (Å²) in [6, 6.07) is 5.54. The number of nitrogens with one attached hydrogen (secondary N) is 3. The van der Waals surface area contributed by atoms with Gasteiger partial charge in [-0.2, -0.15) is 0 Å². The van der Waals surface area contributed by atoms with Gasteiger partial charge in [-0.05, 0) is 75.2 Å². The van der Waals surface area contributed by atoms with E-state index in [0.717, 1.165) is 55.2 Å². The zero-order valence-corrected chi connectivity index (χ0v) is 35.7. The van der Waals surface area contributed by atoms with Crippen molar-refractivity contribution in [3.63, 3.8) is 0 Å². The van der Waals surface area contributed by atoms with Crippen molar-refractivity contribution < 1.29 is 38.6 Å². The Labute approximate surface area is 352 Å². The summed E-state index contributed by atoms with van der Waals surface area (Å²) in [6.45, 7) is 6.00. The number of hydrogen-bond donors (Lipinski definition) is 4. The second kappa shape index (κ2) is 17.9. The van der Waals surface area contributed by atoms with Crippen LogP contribution in [-0.4, -0.2) is 92.4 Å². The number of amides is 4. The lowest BCUT2D eigenvalue weighted by atomic mass is 9.92. The number of carbonyl (C=O) groups excluding carboxylic acids is 4. The summed E-state index contributed by atoms with van der Waals surface area (Å²) in [7, 11) is 0. The Balaban J connectivity index is 1.19. The number of rotatable bonds is 9. The number of carboxylic acids is 1. The molecule has 4 amide bonds. The fourth-order valence-electron chi connectivity index (χ4n) is 8.34. The van der Waals surface area contributed by atoms with Crippen LogP contribution in [0.25, 0.3) is 22.3 Å². The lowest BCUT2D eigenvalue weighted by Crippen LogP contribution is -2.56. The Kier molecular flexibility index (Phi) is 12.9. The van der Waals surface area contributed by atoms with Gasteiger partial charge in [-0.3, -0.25) is 14.4 Å². The highest BCUT2D eigenvalue weighted by atomic mass is 32.2. The molecule has 316 valence electrons. The van der Waals surface area contributed by atoms with Crippen molar-refractivity contribution in [3.05, 3.63) is 41.8 Å². The number of carbonyl (C=O) groups is 5. The van der Waals surface area contributed by atoms with Crippen LogP contribution in [0, 0.1) is 11.3 Å². The van der Waals surface area contributed by atoms with Crippen molar-refractivity contribution in [2.24, 2.45) is 11.3 Å². The molecule has 7 rings (SSSR count). The van der Waals surface area contributed by atoms with Crippen molar-refractivity contribution in [3.8, 4) is 17.1 Å². The summed E-state index contributed by atoms with van der Waals surface area (Å²) in [6.07, 6.45) is 11.8. The Morgan fingerprint density at radius 3 is 2.58 bits per heavy atom. The maximum Gasteiger partial charge on any atom is 0.408 e. The summed E-state index contributed by atoms with van der Waals surface area (Å²) in [4.78, 5) is 79.4. The molecule has 5 atom stereocenters. The van der Waals surface area contributed by atoms with Crippen LogP contribution in [-0.2, 0) is 23.9 Å². The summed E-state index contributed by atoms with van der Waals surface area (Å²) in [5.41, 5.74) is 0.0901. The number of benzene rings is 1. The zero-order valence-electron chi connectivity index (χ0n) is 34.1. The number of thioether (sulfide) groups is 1. The fraction of sp³-hybridized carbons (Fsp3) is 0.558. The van der Waals surface area contributed by atoms with E-state index in [2.05, 4.69) is 16.0 Å². The SMILES string of the molecule is CSc1cccc2c(O[C@@H]3C[C@H]4C(=O)N[C@]5(C(=O)O)C[C@@H]5/C=C\CCCCC[C@H](NC(=O)OC5CCCC5)C(=O)N4C3)cc(-c3csc(NC(=O)CC(C)(C)C)n3)nc12. The third-order valence-corrected chi connectivity index (χ3v) is 13.0. The Morgan fingerprint density at radius 2 is 1.83 bits per heavy atom. The molecular formula is C43H54N6O8S2. The van der Waals surface area contributed by atoms with Gasteiger partial charge >= 0.3 is 12.1 Å². The molecule has 2 aliphatic carbocycles. The summed E-state index contributed by atoms with van der Waals surface area (Å²) in [5.74, 6) is -2.18. The van der Waals surface area contributed by atoms with Gasteiger partial charge in [-0.25, -0.2) is 19.6 Å². The average molecular weight is 847 g/mol. The molecule has 1 aromatic carbocycles. The molecule has 0 bridgehead atoms. The quantitative estimate of drug-likeness (QED) is 0.125. The molecule has 1 saturated heterocycles. The number of nitrogens with zero attached hydrogens (tertiary/aromatic N) is 3. The molecule has 3 aromatic rings. The lowest BCUT2D eigenvalue weighted by molar-refractivity contribution is -0.145. The third-order valence-electron chi connectivity index (χ3n) is 11.5. The number of anilines is 1. The number of allylic oxidation sites excluding steroid dienone is 1. The Hall–Kier alpha value is -4.70. The molecule has 2 aliphatic heterocycles. The predicted octanol–water partition coefficient (Wildman–Crippen LogP) is 7.32. The van der Waals surface area contributed by atoms with E-state index in [1.54, 1.807) is 6.07 Å². The van der Waals surface area contributed by atoms with Gasteiger partial charge in [0.25, 0.3) is 0 Å². The van der Waals surface area contributed by atoms with Crippen molar-refractivity contribution in [2.45, 2.75) is 133 Å². The number of alkyl carbamates (subject to hydrolysis) is 1. The third kappa shape index (κ3) is 10.0. The molecule has 4 N–H and O–H groups in total. The van der Waals surface area contributed by atoms with Crippen LogP contribution in [0.2, 0.25) is 0 Å². The molecule has 59 heavy (non-hydrogen) atoms. The molecule has 16 heteroatoms. The van der Waals surface area contributed by atoms with Crippen LogP contribution in [0.5, 0.6) is 5.75 Å². The van der Waals surface area contributed by atoms with Crippen molar-refractivity contribution in [2.75, 3.05) is 18.1 Å². The first kappa shape index (κ1) is 42.4. The molecule has 2 saturated carbocycles. The molecule has 4 heterocycles. The van der Waals surface area contributed by atoms with Crippen LogP contribution >= 0.6 is 23.1 Å². The minimum absolute atomic E-state index is 0.0121. The second-order valence-corrected chi connectivity index (χ2v) is 19.0. The number of thiazole rings is 1. The molecule has 0 unspecified atom stereocenters. The normalized spacial score (nSPS) is 25.9. The minimum atomic E-state index is -1.47. The van der Waals surface area contributed by atoms with Crippen molar-refractivity contribution in [1.29, 1.82) is 0 Å². The number of aromatic nitrogens is 2. The summed E-state index contributed by atoms with van der Waals surface area (Å²) < 4.78 is 12.5. The first-order valence-corrected chi connectivity index (χ1v) is 22.7. The highest BCUT2D eigenvalue weighted by Gasteiger charge is 2.61. The van der Waals surface area contributed by atoms with E-state index in [0.29, 0.717) is 47.0 Å². The van der Waals surface area contributed by atoms with E-state index in [1.165, 1.54) is 28.0 Å². The van der Waals surface area contributed by atoms with Gasteiger partial charge in [0.1, 0.15) is 41.3 Å². The van der Waals surface area contributed by atoms with Gasteiger partial charge in [-0.15, -0.1) is 23.1 Å². The molecule has 3 fully saturated rings. The molecule has 14 nitrogen and oxygen atoms in total. The van der Waals surface area contributed by atoms with E-state index >= 15 is 0 Å². The van der Waals surface area contributed by atoms with Crippen molar-refractivity contribution in [1.82, 2.24) is 25.5 Å². The number of aliphatic carboxylic acids is 1. The largest absolute Gasteiger partial charge is 0.488 e. The number of para-hydroxylation sites is 1. The monoisotopic (exact) mass is 846 g/mol. The van der Waals surface area contributed by atoms with Crippen LogP contribution in [0.1, 0.15) is 97.8 Å². The first-order valence-electron chi connectivity index (χ1n) is 20.6. The number of carboxylic acid groups (broad SMARTS) is 1. The summed E-state index contributed by atoms with van der Waals surface area (Å²) >= 11 is 2.83. The molecule has 0 radical (unpaired) electrons. The molecule has 4 aliphatic rings. The van der Waals surface area contributed by atoms with Gasteiger partial charge in [0.2, 0.25) is 17.7 Å². The van der Waals surface area contributed by atoms with Gasteiger partial charge < -0.3 is 35.4 Å². The van der Waals surface area contributed by atoms with Crippen LogP contribution in [0.15, 0.2) is 46.7 Å². The highest BCUT2D eigenvalue weighted by molar-refractivity contribution is 7.98. The average Bonchev–Trinajstić information content (AvgIpc) is 3.61. The lowest BCUT2D eigenvalue weighted by Gasteiger charge is -2.29. The maximum absolute atomic E-state index is 14.6. The van der Waals surface area contributed by atoms with Crippen LogP contribution in [0.3, 0.4) is 0 Å². The number of fused-ring (bicyclic) bond motifs is 3. The highest BCUT2D eigenvalue weighted by Crippen LogP contribution is 2.46. The van der Waals surface area contributed by atoms with Gasteiger partial charge in [0, 0.05) is 40.5 Å². The van der Waals surface area contributed by atoms with Gasteiger partial charge in [0.15, 0.2) is 5.13 Å². The topological polar surface area (TPSA) is 189 Å². The Bertz CT molecular complexity index is 2110. The van der Waals surface area contributed by atoms with Crippen LogP contribution < -0.4 is 20.7 Å². The molecule has 2 aromatic heterocycles.